The third-order valence-electron chi connectivity index (χ3n) is 4.93. The number of carbonyl (C=O) groups is 2. The zero-order valence-corrected chi connectivity index (χ0v) is 16.8. The topological polar surface area (TPSA) is 58.6 Å². The lowest BCUT2D eigenvalue weighted by Crippen LogP contribution is -2.40. The van der Waals surface area contributed by atoms with Crippen LogP contribution in [0.1, 0.15) is 18.4 Å². The van der Waals surface area contributed by atoms with Crippen molar-refractivity contribution in [1.29, 1.82) is 0 Å². The first kappa shape index (κ1) is 22.4. The number of carbonyl (C=O) groups excluding carboxylic acids is 2. The predicted molar refractivity (Wildman–Crippen MR) is 111 cm³/mol. The highest BCUT2D eigenvalue weighted by molar-refractivity contribution is 5.95. The Morgan fingerprint density at radius 1 is 1.03 bits per heavy atom. The number of alkyl halides is 3. The monoisotopic (exact) mass is 432 g/mol. The van der Waals surface area contributed by atoms with Crippen LogP contribution >= 0.6 is 0 Å². The molecule has 0 aliphatic carbocycles. The molecule has 0 aromatic heterocycles. The van der Waals surface area contributed by atoms with Crippen LogP contribution < -0.4 is 10.1 Å². The van der Waals surface area contributed by atoms with Gasteiger partial charge < -0.3 is 15.0 Å². The number of piperidine rings is 1. The minimum Gasteiger partial charge on any atom is -0.482 e. The predicted octanol–water partition coefficient (Wildman–Crippen LogP) is 4.52. The van der Waals surface area contributed by atoms with Gasteiger partial charge in [-0.25, -0.2) is 0 Å². The van der Waals surface area contributed by atoms with Crippen molar-refractivity contribution in [2.24, 2.45) is 5.92 Å². The summed E-state index contributed by atoms with van der Waals surface area (Å²) in [5, 5.41) is 2.66. The average molecular weight is 432 g/mol. The molecule has 1 aliphatic rings. The Hall–Kier alpha value is -3.29. The van der Waals surface area contributed by atoms with Gasteiger partial charge in [-0.15, -0.1) is 0 Å². The van der Waals surface area contributed by atoms with E-state index in [4.69, 9.17) is 4.74 Å². The molecule has 1 fully saturated rings. The normalized spacial score (nSPS) is 15.1. The zero-order valence-electron chi connectivity index (χ0n) is 16.8. The number of ether oxygens (including phenoxy) is 1. The highest BCUT2D eigenvalue weighted by Crippen LogP contribution is 2.28. The number of para-hydroxylation sites is 2. The number of hydrogen-bond donors (Lipinski definition) is 1. The minimum absolute atomic E-state index is 0.0353. The van der Waals surface area contributed by atoms with Crippen LogP contribution in [-0.2, 0) is 9.59 Å². The Morgan fingerprint density at radius 2 is 1.68 bits per heavy atom. The Morgan fingerprint density at radius 3 is 2.35 bits per heavy atom. The first-order valence-electron chi connectivity index (χ1n) is 9.93. The van der Waals surface area contributed by atoms with Crippen LogP contribution in [0.25, 0.3) is 6.08 Å². The molecule has 1 saturated heterocycles. The van der Waals surface area contributed by atoms with Crippen molar-refractivity contribution in [2.45, 2.75) is 19.0 Å². The van der Waals surface area contributed by atoms with E-state index in [-0.39, 0.29) is 29.2 Å². The fourth-order valence-electron chi connectivity index (χ4n) is 3.29. The van der Waals surface area contributed by atoms with Crippen molar-refractivity contribution in [3.8, 4) is 5.75 Å². The molecule has 3 rings (SSSR count). The van der Waals surface area contributed by atoms with Gasteiger partial charge in [0.1, 0.15) is 5.75 Å². The second kappa shape index (κ2) is 10.1. The SMILES string of the molecule is O=C(Nc1ccccc1OCC(F)(F)F)C1CCN(C(=O)/C=C/c2ccccc2)CC1. The molecule has 1 N–H and O–H groups in total. The highest BCUT2D eigenvalue weighted by atomic mass is 19.4. The van der Waals surface area contributed by atoms with E-state index in [9.17, 15) is 22.8 Å². The quantitative estimate of drug-likeness (QED) is 0.683. The number of nitrogens with zero attached hydrogens (tertiary/aromatic N) is 1. The van der Waals surface area contributed by atoms with Gasteiger partial charge in [0, 0.05) is 25.1 Å². The summed E-state index contributed by atoms with van der Waals surface area (Å²) in [5.41, 5.74) is 1.12. The summed E-state index contributed by atoms with van der Waals surface area (Å²) < 4.78 is 42.1. The van der Waals surface area contributed by atoms with Crippen LogP contribution in [0.3, 0.4) is 0 Å². The van der Waals surface area contributed by atoms with Gasteiger partial charge in [-0.2, -0.15) is 13.2 Å². The van der Waals surface area contributed by atoms with E-state index in [2.05, 4.69) is 5.32 Å². The fraction of sp³-hybridized carbons (Fsp3) is 0.304. The van der Waals surface area contributed by atoms with Gasteiger partial charge in [-0.1, -0.05) is 42.5 Å². The Balaban J connectivity index is 1.52. The van der Waals surface area contributed by atoms with Gasteiger partial charge in [-0.3, -0.25) is 9.59 Å². The summed E-state index contributed by atoms with van der Waals surface area (Å²) in [4.78, 5) is 26.7. The molecule has 2 amide bonds. The maximum atomic E-state index is 12.6. The molecule has 31 heavy (non-hydrogen) atoms. The van der Waals surface area contributed by atoms with Crippen molar-refractivity contribution >= 4 is 23.6 Å². The molecule has 0 bridgehead atoms. The third kappa shape index (κ3) is 6.87. The number of hydrogen-bond acceptors (Lipinski definition) is 3. The van der Waals surface area contributed by atoms with Crippen molar-refractivity contribution in [2.75, 3.05) is 25.0 Å². The number of likely N-dealkylation sites (tertiary alicyclic amines) is 1. The first-order chi connectivity index (χ1) is 14.8. The van der Waals surface area contributed by atoms with E-state index in [0.717, 1.165) is 5.56 Å². The van der Waals surface area contributed by atoms with Crippen molar-refractivity contribution in [3.05, 3.63) is 66.2 Å². The first-order valence-corrected chi connectivity index (χ1v) is 9.93. The van der Waals surface area contributed by atoms with Gasteiger partial charge in [0.2, 0.25) is 11.8 Å². The van der Waals surface area contributed by atoms with Crippen molar-refractivity contribution in [1.82, 2.24) is 4.90 Å². The smallest absolute Gasteiger partial charge is 0.422 e. The molecule has 0 atom stereocenters. The molecule has 5 nitrogen and oxygen atoms in total. The molecule has 8 heteroatoms. The maximum absolute atomic E-state index is 12.6. The van der Waals surface area contributed by atoms with E-state index < -0.39 is 12.8 Å². The number of benzene rings is 2. The molecule has 0 unspecified atom stereocenters. The number of amides is 2. The largest absolute Gasteiger partial charge is 0.482 e. The van der Waals surface area contributed by atoms with Gasteiger partial charge in [-0.05, 0) is 36.6 Å². The Labute approximate surface area is 178 Å². The number of anilines is 1. The third-order valence-corrected chi connectivity index (χ3v) is 4.93. The number of halogens is 3. The van der Waals surface area contributed by atoms with Crippen LogP contribution in [0.5, 0.6) is 5.75 Å². The summed E-state index contributed by atoms with van der Waals surface area (Å²) in [6, 6.07) is 15.5. The van der Waals surface area contributed by atoms with Crippen LogP contribution in [0.2, 0.25) is 0 Å². The van der Waals surface area contributed by atoms with Crippen LogP contribution in [0, 0.1) is 5.92 Å². The molecule has 164 valence electrons. The molecule has 1 heterocycles. The molecular weight excluding hydrogens is 409 g/mol. The van der Waals surface area contributed by atoms with E-state index in [1.54, 1.807) is 17.0 Å². The van der Waals surface area contributed by atoms with E-state index >= 15 is 0 Å². The fourth-order valence-corrected chi connectivity index (χ4v) is 3.29. The second-order valence-electron chi connectivity index (χ2n) is 7.23. The van der Waals surface area contributed by atoms with Gasteiger partial charge in [0.15, 0.2) is 6.61 Å². The zero-order chi connectivity index (χ0) is 22.3. The highest BCUT2D eigenvalue weighted by Gasteiger charge is 2.30. The Kier molecular flexibility index (Phi) is 7.33. The molecule has 0 spiro atoms. The minimum atomic E-state index is -4.47. The standard InChI is InChI=1S/C23H23F3N2O3/c24-23(25,26)16-31-20-9-5-4-8-19(20)27-22(30)18-12-14-28(15-13-18)21(29)11-10-17-6-2-1-3-7-17/h1-11,18H,12-16H2,(H,27,30)/b11-10+. The van der Waals surface area contributed by atoms with Gasteiger partial charge in [0.25, 0.3) is 0 Å². The van der Waals surface area contributed by atoms with Crippen LogP contribution in [-0.4, -0.2) is 42.6 Å². The average Bonchev–Trinajstić information content (AvgIpc) is 2.77. The van der Waals surface area contributed by atoms with E-state index in [1.165, 1.54) is 24.3 Å². The summed E-state index contributed by atoms with van der Waals surface area (Å²) in [7, 11) is 0. The molecule has 2 aromatic carbocycles. The van der Waals surface area contributed by atoms with Crippen LogP contribution in [0.15, 0.2) is 60.7 Å². The molecule has 1 aliphatic heterocycles. The summed E-state index contributed by atoms with van der Waals surface area (Å²) in [6.45, 7) is -0.568. The summed E-state index contributed by atoms with van der Waals surface area (Å²) >= 11 is 0. The van der Waals surface area contributed by atoms with E-state index in [1.807, 2.05) is 30.3 Å². The molecular formula is C23H23F3N2O3. The van der Waals surface area contributed by atoms with Gasteiger partial charge in [0.05, 0.1) is 5.69 Å². The maximum Gasteiger partial charge on any atom is 0.422 e. The van der Waals surface area contributed by atoms with Crippen molar-refractivity contribution < 1.29 is 27.5 Å². The second-order valence-corrected chi connectivity index (χ2v) is 7.23. The lowest BCUT2D eigenvalue weighted by Gasteiger charge is -2.30. The van der Waals surface area contributed by atoms with Crippen molar-refractivity contribution in [3.63, 3.8) is 0 Å². The molecule has 0 radical (unpaired) electrons. The Bertz CT molecular complexity index is 921. The molecule has 0 saturated carbocycles. The summed E-state index contributed by atoms with van der Waals surface area (Å²) in [5.74, 6) is -0.784. The lowest BCUT2D eigenvalue weighted by molar-refractivity contribution is -0.153. The van der Waals surface area contributed by atoms with Crippen LogP contribution in [0.4, 0.5) is 18.9 Å². The van der Waals surface area contributed by atoms with E-state index in [0.29, 0.717) is 25.9 Å². The number of rotatable bonds is 6. The number of nitrogens with one attached hydrogen (secondary N) is 1. The lowest BCUT2D eigenvalue weighted by atomic mass is 9.95. The van der Waals surface area contributed by atoms with Gasteiger partial charge >= 0.3 is 6.18 Å². The molecule has 2 aromatic rings. The summed E-state index contributed by atoms with van der Waals surface area (Å²) in [6.07, 6.45) is -0.251.